The van der Waals surface area contributed by atoms with E-state index in [9.17, 15) is 0 Å². The molecule has 2 aliphatic heterocycles. The number of thiazole rings is 1. The third kappa shape index (κ3) is 3.23. The first-order valence-electron chi connectivity index (χ1n) is 8.94. The Bertz CT molecular complexity index is 676. The number of ether oxygens (including phenoxy) is 2. The zero-order valence-electron chi connectivity index (χ0n) is 14.2. The molecule has 0 bridgehead atoms. The number of fused-ring (bicyclic) bond motifs is 1. The Kier molecular flexibility index (Phi) is 4.87. The SMILES string of the molecule is CCOc1cccc2sc(N3CCC(N4CCOCC4)CC3)nc12. The van der Waals surface area contributed by atoms with Crippen LogP contribution in [0.5, 0.6) is 5.75 Å². The van der Waals surface area contributed by atoms with E-state index >= 15 is 0 Å². The van der Waals surface area contributed by atoms with Gasteiger partial charge in [0.2, 0.25) is 0 Å². The molecule has 4 rings (SSSR count). The first kappa shape index (κ1) is 16.1. The first-order chi connectivity index (χ1) is 11.8. The number of nitrogens with zero attached hydrogens (tertiary/aromatic N) is 3. The number of morpholine rings is 1. The number of piperidine rings is 1. The van der Waals surface area contributed by atoms with Gasteiger partial charge in [0.15, 0.2) is 5.13 Å². The Balaban J connectivity index is 1.45. The second-order valence-electron chi connectivity index (χ2n) is 6.40. The van der Waals surface area contributed by atoms with Crippen LogP contribution in [0.25, 0.3) is 10.2 Å². The molecule has 2 aliphatic rings. The molecule has 0 atom stereocenters. The lowest BCUT2D eigenvalue weighted by molar-refractivity contribution is 0.0115. The van der Waals surface area contributed by atoms with E-state index in [-0.39, 0.29) is 0 Å². The van der Waals surface area contributed by atoms with Gasteiger partial charge in [0, 0.05) is 32.2 Å². The molecule has 0 spiro atoms. The van der Waals surface area contributed by atoms with Gasteiger partial charge >= 0.3 is 0 Å². The normalized spacial score (nSPS) is 20.6. The largest absolute Gasteiger partial charge is 0.492 e. The van der Waals surface area contributed by atoms with Crippen molar-refractivity contribution in [1.29, 1.82) is 0 Å². The molecule has 0 aliphatic carbocycles. The van der Waals surface area contributed by atoms with Gasteiger partial charge in [-0.25, -0.2) is 4.98 Å². The quantitative estimate of drug-likeness (QED) is 0.850. The van der Waals surface area contributed by atoms with Crippen LogP contribution in [0.2, 0.25) is 0 Å². The first-order valence-corrected chi connectivity index (χ1v) is 9.76. The van der Waals surface area contributed by atoms with Crippen molar-refractivity contribution < 1.29 is 9.47 Å². The van der Waals surface area contributed by atoms with Crippen molar-refractivity contribution in [2.45, 2.75) is 25.8 Å². The van der Waals surface area contributed by atoms with E-state index in [1.807, 2.05) is 13.0 Å². The van der Waals surface area contributed by atoms with Crippen molar-refractivity contribution in [3.05, 3.63) is 18.2 Å². The number of hydrogen-bond donors (Lipinski definition) is 0. The third-order valence-electron chi connectivity index (χ3n) is 4.97. The van der Waals surface area contributed by atoms with Gasteiger partial charge < -0.3 is 14.4 Å². The van der Waals surface area contributed by atoms with E-state index in [2.05, 4.69) is 21.9 Å². The lowest BCUT2D eigenvalue weighted by Crippen LogP contribution is -2.49. The Hall–Kier alpha value is -1.37. The minimum Gasteiger partial charge on any atom is -0.492 e. The fraction of sp³-hybridized carbons (Fsp3) is 0.611. The maximum absolute atomic E-state index is 5.72. The van der Waals surface area contributed by atoms with Gasteiger partial charge in [-0.2, -0.15) is 0 Å². The maximum Gasteiger partial charge on any atom is 0.186 e. The number of para-hydroxylation sites is 1. The monoisotopic (exact) mass is 347 g/mol. The Morgan fingerprint density at radius 3 is 2.75 bits per heavy atom. The fourth-order valence-electron chi connectivity index (χ4n) is 3.68. The van der Waals surface area contributed by atoms with Crippen LogP contribution in [0.3, 0.4) is 0 Å². The second kappa shape index (κ2) is 7.25. The molecule has 6 heteroatoms. The van der Waals surface area contributed by atoms with E-state index in [0.29, 0.717) is 12.6 Å². The van der Waals surface area contributed by atoms with Gasteiger partial charge in [0.25, 0.3) is 0 Å². The molecular weight excluding hydrogens is 322 g/mol. The fourth-order valence-corrected chi connectivity index (χ4v) is 4.72. The molecule has 3 heterocycles. The number of aromatic nitrogens is 1. The molecule has 0 radical (unpaired) electrons. The highest BCUT2D eigenvalue weighted by Gasteiger charge is 2.27. The molecule has 2 saturated heterocycles. The molecule has 2 fully saturated rings. The van der Waals surface area contributed by atoms with E-state index in [1.165, 1.54) is 17.5 Å². The summed E-state index contributed by atoms with van der Waals surface area (Å²) in [5.74, 6) is 0.903. The van der Waals surface area contributed by atoms with Crippen molar-refractivity contribution >= 4 is 26.7 Å². The van der Waals surface area contributed by atoms with Crippen LogP contribution in [0.4, 0.5) is 5.13 Å². The molecule has 130 valence electrons. The number of hydrogen-bond acceptors (Lipinski definition) is 6. The topological polar surface area (TPSA) is 37.8 Å². The highest BCUT2D eigenvalue weighted by atomic mass is 32.1. The van der Waals surface area contributed by atoms with Crippen LogP contribution in [0.1, 0.15) is 19.8 Å². The van der Waals surface area contributed by atoms with Gasteiger partial charge in [0.05, 0.1) is 24.5 Å². The Morgan fingerprint density at radius 1 is 1.21 bits per heavy atom. The number of anilines is 1. The lowest BCUT2D eigenvalue weighted by Gasteiger charge is -2.40. The van der Waals surface area contributed by atoms with Gasteiger partial charge in [-0.1, -0.05) is 17.4 Å². The average molecular weight is 347 g/mol. The molecule has 1 aromatic heterocycles. The zero-order chi connectivity index (χ0) is 16.4. The zero-order valence-corrected chi connectivity index (χ0v) is 15.1. The number of rotatable bonds is 4. The van der Waals surface area contributed by atoms with E-state index in [1.54, 1.807) is 11.3 Å². The summed E-state index contributed by atoms with van der Waals surface area (Å²) in [5, 5.41) is 1.14. The second-order valence-corrected chi connectivity index (χ2v) is 7.41. The summed E-state index contributed by atoms with van der Waals surface area (Å²) in [4.78, 5) is 9.92. The van der Waals surface area contributed by atoms with Crippen molar-refractivity contribution in [2.75, 3.05) is 50.9 Å². The predicted molar refractivity (Wildman–Crippen MR) is 98.4 cm³/mol. The van der Waals surface area contributed by atoms with E-state index in [4.69, 9.17) is 14.5 Å². The molecule has 0 N–H and O–H groups in total. The standard InChI is InChI=1S/C18H25N3O2S/c1-2-23-15-4-3-5-16-17(15)19-18(24-16)21-8-6-14(7-9-21)20-10-12-22-13-11-20/h3-5,14H,2,6-13H2,1H3. The summed E-state index contributed by atoms with van der Waals surface area (Å²) >= 11 is 1.78. The minimum atomic E-state index is 0.677. The predicted octanol–water partition coefficient (Wildman–Crippen LogP) is 3.00. The van der Waals surface area contributed by atoms with Crippen LogP contribution in [-0.4, -0.2) is 61.9 Å². The number of benzene rings is 1. The lowest BCUT2D eigenvalue weighted by atomic mass is 10.0. The summed E-state index contributed by atoms with van der Waals surface area (Å²) < 4.78 is 12.4. The summed E-state index contributed by atoms with van der Waals surface area (Å²) in [5.41, 5.74) is 1.01. The van der Waals surface area contributed by atoms with Crippen LogP contribution in [-0.2, 0) is 4.74 Å². The summed E-state index contributed by atoms with van der Waals surface area (Å²) in [7, 11) is 0. The molecule has 0 unspecified atom stereocenters. The van der Waals surface area contributed by atoms with Gasteiger partial charge in [-0.3, -0.25) is 4.90 Å². The van der Waals surface area contributed by atoms with Crippen LogP contribution in [0, 0.1) is 0 Å². The van der Waals surface area contributed by atoms with Gasteiger partial charge in [0.1, 0.15) is 11.3 Å². The minimum absolute atomic E-state index is 0.677. The highest BCUT2D eigenvalue weighted by molar-refractivity contribution is 7.22. The molecule has 2 aromatic rings. The average Bonchev–Trinajstić information content (AvgIpc) is 3.08. The maximum atomic E-state index is 5.72. The molecule has 0 saturated carbocycles. The molecule has 1 aromatic carbocycles. The van der Waals surface area contributed by atoms with Crippen molar-refractivity contribution in [1.82, 2.24) is 9.88 Å². The third-order valence-corrected chi connectivity index (χ3v) is 6.05. The molecule has 24 heavy (non-hydrogen) atoms. The Labute approximate surface area is 147 Å². The molecule has 5 nitrogen and oxygen atoms in total. The van der Waals surface area contributed by atoms with Crippen LogP contribution in [0.15, 0.2) is 18.2 Å². The summed E-state index contributed by atoms with van der Waals surface area (Å²) in [6.07, 6.45) is 2.43. The van der Waals surface area contributed by atoms with Crippen LogP contribution >= 0.6 is 11.3 Å². The van der Waals surface area contributed by atoms with Crippen molar-refractivity contribution in [2.24, 2.45) is 0 Å². The van der Waals surface area contributed by atoms with E-state index in [0.717, 1.165) is 55.8 Å². The highest BCUT2D eigenvalue weighted by Crippen LogP contribution is 2.35. The van der Waals surface area contributed by atoms with Gasteiger partial charge in [-0.15, -0.1) is 0 Å². The smallest absolute Gasteiger partial charge is 0.186 e. The summed E-state index contributed by atoms with van der Waals surface area (Å²) in [6.45, 7) is 8.82. The van der Waals surface area contributed by atoms with Crippen molar-refractivity contribution in [3.63, 3.8) is 0 Å². The summed E-state index contributed by atoms with van der Waals surface area (Å²) in [6, 6.07) is 6.91. The Morgan fingerprint density at radius 2 is 2.00 bits per heavy atom. The van der Waals surface area contributed by atoms with Crippen molar-refractivity contribution in [3.8, 4) is 5.75 Å². The van der Waals surface area contributed by atoms with Crippen LogP contribution < -0.4 is 9.64 Å². The molecular formula is C18H25N3O2S. The molecule has 0 amide bonds. The van der Waals surface area contributed by atoms with Gasteiger partial charge in [-0.05, 0) is 31.9 Å². The van der Waals surface area contributed by atoms with E-state index < -0.39 is 0 Å².